The van der Waals surface area contributed by atoms with E-state index in [-0.39, 0.29) is 40.6 Å². The lowest BCUT2D eigenvalue weighted by molar-refractivity contribution is -0.367. The zero-order chi connectivity index (χ0) is 55.3. The molecule has 26 atom stereocenters. The molecule has 0 unspecified atom stereocenters. The number of carbonyl (C=O) groups is 4. The number of carboxylic acid groups (broad SMARTS) is 1. The van der Waals surface area contributed by atoms with E-state index >= 15 is 0 Å². The molecule has 8 rings (SSSR count). The Morgan fingerprint density at radius 1 is 0.653 bits per heavy atom. The van der Waals surface area contributed by atoms with Crippen molar-refractivity contribution in [3.63, 3.8) is 0 Å². The zero-order valence-corrected chi connectivity index (χ0v) is 44.7. The van der Waals surface area contributed by atoms with Crippen LogP contribution in [0.2, 0.25) is 0 Å². The average molecular weight is 1070 g/mol. The summed E-state index contributed by atoms with van der Waals surface area (Å²) in [6.07, 6.45) is -17.8. The summed E-state index contributed by atoms with van der Waals surface area (Å²) in [5, 5.41) is 99.0. The van der Waals surface area contributed by atoms with Gasteiger partial charge in [-0.15, -0.1) is 0 Å². The summed E-state index contributed by atoms with van der Waals surface area (Å²) in [5.74, 6) is -3.99. The molecular weight excluding hydrogens is 989 g/mol. The van der Waals surface area contributed by atoms with Crippen LogP contribution in [-0.4, -0.2) is 194 Å². The number of aliphatic hydroxyl groups is 8. The number of esters is 3. The van der Waals surface area contributed by atoms with Crippen LogP contribution in [0.3, 0.4) is 0 Å². The molecule has 7 fully saturated rings. The van der Waals surface area contributed by atoms with Crippen molar-refractivity contribution in [1.82, 2.24) is 0 Å². The minimum atomic E-state index is -1.99. The molecule has 8 aliphatic rings. The second-order valence-corrected chi connectivity index (χ2v) is 24.7. The van der Waals surface area contributed by atoms with E-state index in [1.807, 2.05) is 20.8 Å². The van der Waals surface area contributed by atoms with Crippen LogP contribution in [-0.2, 0) is 61.8 Å². The molecule has 0 radical (unpaired) electrons. The van der Waals surface area contributed by atoms with Gasteiger partial charge < -0.3 is 88.6 Å². The summed E-state index contributed by atoms with van der Waals surface area (Å²) in [4.78, 5) is 49.5. The number of hydrogen-bond acceptors (Lipinski definition) is 21. The van der Waals surface area contributed by atoms with Gasteiger partial charge in [-0.3, -0.25) is 14.4 Å². The first-order chi connectivity index (χ1) is 35.0. The molecule has 5 aliphatic carbocycles. The Kier molecular flexibility index (Phi) is 16.3. The van der Waals surface area contributed by atoms with Gasteiger partial charge >= 0.3 is 23.9 Å². The highest BCUT2D eigenvalue weighted by atomic mass is 16.8. The van der Waals surface area contributed by atoms with Crippen LogP contribution in [0.4, 0.5) is 0 Å². The second-order valence-electron chi connectivity index (χ2n) is 24.7. The van der Waals surface area contributed by atoms with Gasteiger partial charge in [0.05, 0.1) is 44.2 Å². The largest absolute Gasteiger partial charge is 0.479 e. The fourth-order valence-electron chi connectivity index (χ4n) is 15.9. The fraction of sp³-hybridized carbons (Fsp3) is 0.887. The normalized spacial score (nSPS) is 51.6. The van der Waals surface area contributed by atoms with Gasteiger partial charge in [0.25, 0.3) is 0 Å². The van der Waals surface area contributed by atoms with Gasteiger partial charge in [0.2, 0.25) is 0 Å². The first-order valence-electron chi connectivity index (χ1n) is 26.6. The fourth-order valence-corrected chi connectivity index (χ4v) is 15.9. The van der Waals surface area contributed by atoms with Gasteiger partial charge in [0.1, 0.15) is 36.6 Å². The van der Waals surface area contributed by atoms with Crippen molar-refractivity contribution in [1.29, 1.82) is 0 Å². The Bertz CT molecular complexity index is 2180. The van der Waals surface area contributed by atoms with E-state index in [4.69, 9.17) is 42.6 Å². The third-order valence-corrected chi connectivity index (χ3v) is 20.4. The van der Waals surface area contributed by atoms with Gasteiger partial charge in [0.15, 0.2) is 43.3 Å². The summed E-state index contributed by atoms with van der Waals surface area (Å²) >= 11 is 0. The summed E-state index contributed by atoms with van der Waals surface area (Å²) in [7, 11) is 0. The lowest BCUT2D eigenvalue weighted by atomic mass is 9.33. The van der Waals surface area contributed by atoms with Gasteiger partial charge in [-0.05, 0) is 92.3 Å². The SMILES string of the molecule is CC(=O)O[C@@H]1[C@H](OC(C)=O)[C@@H](O[C@H]2[C@@H](O)[C@]3(C)CC[C@]4(C)C(=CC[C@@H]5[C@@]6(C)CC[C@H](O[C@@H]7O[C@H](C(=O)O)[C@@H](O)[C@H](O)[C@H]7O[C@@H]7OC[C@@H](O)[C@H](O)[C@H]7O)[C@@](C)(CO)[C@@H]6CC[C@]54C)[C@@H]3C[C@]2(C)CO)O[C@H](C)[C@H]1OC(C)=O. The highest BCUT2D eigenvalue weighted by Crippen LogP contribution is 2.76. The van der Waals surface area contributed by atoms with Crippen LogP contribution in [0.25, 0.3) is 0 Å². The van der Waals surface area contributed by atoms with Crippen LogP contribution in [0, 0.1) is 50.2 Å². The summed E-state index contributed by atoms with van der Waals surface area (Å²) in [5.41, 5.74) is -2.67. The Morgan fingerprint density at radius 2 is 1.28 bits per heavy atom. The molecule has 0 amide bonds. The van der Waals surface area contributed by atoms with E-state index in [1.54, 1.807) is 6.92 Å². The maximum Gasteiger partial charge on any atom is 0.335 e. The first-order valence-corrected chi connectivity index (χ1v) is 26.6. The molecule has 22 nitrogen and oxygen atoms in total. The van der Waals surface area contributed by atoms with Crippen LogP contribution in [0.15, 0.2) is 11.6 Å². The third-order valence-electron chi connectivity index (χ3n) is 20.4. The Hall–Kier alpha value is -2.94. The predicted molar refractivity (Wildman–Crippen MR) is 256 cm³/mol. The molecule has 4 saturated carbocycles. The Morgan fingerprint density at radius 3 is 1.89 bits per heavy atom. The van der Waals surface area contributed by atoms with Crippen molar-refractivity contribution in [2.75, 3.05) is 19.8 Å². The topological polar surface area (TPSA) is 333 Å². The number of aliphatic hydroxyl groups excluding tert-OH is 8. The van der Waals surface area contributed by atoms with Crippen molar-refractivity contribution >= 4 is 23.9 Å². The molecule has 75 heavy (non-hydrogen) atoms. The minimum Gasteiger partial charge on any atom is -0.479 e. The van der Waals surface area contributed by atoms with Crippen molar-refractivity contribution in [2.24, 2.45) is 50.2 Å². The van der Waals surface area contributed by atoms with Crippen molar-refractivity contribution in [2.45, 2.75) is 225 Å². The molecule has 3 saturated heterocycles. The smallest absolute Gasteiger partial charge is 0.335 e. The maximum absolute atomic E-state index is 12.8. The van der Waals surface area contributed by atoms with Gasteiger partial charge in [-0.25, -0.2) is 4.79 Å². The predicted octanol–water partition coefficient (Wildman–Crippen LogP) is 0.999. The van der Waals surface area contributed by atoms with E-state index in [0.29, 0.717) is 44.9 Å². The van der Waals surface area contributed by atoms with E-state index < -0.39 is 158 Å². The number of allylic oxidation sites excluding steroid dienone is 2. The molecule has 9 N–H and O–H groups in total. The van der Waals surface area contributed by atoms with Gasteiger partial charge in [0, 0.05) is 37.0 Å². The van der Waals surface area contributed by atoms with Crippen LogP contribution in [0.1, 0.15) is 121 Å². The number of rotatable bonds is 12. The molecule has 3 aliphatic heterocycles. The third kappa shape index (κ3) is 9.58. The van der Waals surface area contributed by atoms with Crippen molar-refractivity contribution in [3.8, 4) is 0 Å². The molecule has 0 bridgehead atoms. The Labute approximate surface area is 437 Å². The number of aliphatic carboxylic acids is 1. The van der Waals surface area contributed by atoms with E-state index in [2.05, 4.69) is 26.8 Å². The number of carboxylic acids is 1. The quantitative estimate of drug-likeness (QED) is 0.0570. The number of fused-ring (bicyclic) bond motifs is 7. The molecule has 0 aromatic rings. The lowest BCUT2D eigenvalue weighted by Crippen LogP contribution is -2.69. The van der Waals surface area contributed by atoms with Crippen molar-refractivity contribution in [3.05, 3.63) is 11.6 Å². The first kappa shape index (κ1) is 58.2. The van der Waals surface area contributed by atoms with E-state index in [1.165, 1.54) is 26.3 Å². The van der Waals surface area contributed by atoms with E-state index in [9.17, 15) is 65.1 Å². The van der Waals surface area contributed by atoms with Gasteiger partial charge in [-0.1, -0.05) is 53.2 Å². The highest BCUT2D eigenvalue weighted by molar-refractivity contribution is 5.73. The van der Waals surface area contributed by atoms with Gasteiger partial charge in [-0.2, -0.15) is 0 Å². The summed E-state index contributed by atoms with van der Waals surface area (Å²) in [6.45, 7) is 16.8. The average Bonchev–Trinajstić information content (AvgIpc) is 3.33. The molecule has 426 valence electrons. The van der Waals surface area contributed by atoms with Crippen LogP contribution >= 0.6 is 0 Å². The van der Waals surface area contributed by atoms with Crippen LogP contribution < -0.4 is 0 Å². The maximum atomic E-state index is 12.8. The standard InChI is InChI=1S/C53H82O22/c1-23-37(69-24(2)56)40(70-25(3)57)41(71-26(4)58)47(68-23)75-43-42(64)49(6)17-18-52(9)27(28(49)19-48(43,5)21-54)11-12-31-50(7)15-14-32(51(8,22-55)30(50)13-16-53(31,52)10)72-46-39(35(62)34(61)38(73-46)44(65)66)74-45-36(63)33(60)29(59)20-67-45/h11,23,28-43,45-47,54-55,59-64H,12-22H2,1-10H3,(H,65,66)/t23-,28+,29-,30-,31-,32+,33+,34+,35+,36-,37-,38+,39-,40+,41+,42-,43+,45+,46-,47-,48-,49-,50+,51+,52-,53-/m1/s1. The molecule has 3 heterocycles. The summed E-state index contributed by atoms with van der Waals surface area (Å²) < 4.78 is 53.7. The molecular formula is C53H82O22. The van der Waals surface area contributed by atoms with Crippen LogP contribution in [0.5, 0.6) is 0 Å². The number of ether oxygens (including phenoxy) is 9. The molecule has 0 spiro atoms. The monoisotopic (exact) mass is 1070 g/mol. The summed E-state index contributed by atoms with van der Waals surface area (Å²) in [6, 6.07) is 0. The minimum absolute atomic E-state index is 0.0919. The number of hydrogen-bond donors (Lipinski definition) is 9. The second kappa shape index (κ2) is 20.9. The molecule has 0 aromatic heterocycles. The lowest BCUT2D eigenvalue weighted by Gasteiger charge is -2.72. The molecule has 22 heteroatoms. The van der Waals surface area contributed by atoms with Crippen molar-refractivity contribution < 1.29 is 108 Å². The highest BCUT2D eigenvalue weighted by Gasteiger charge is 2.71. The number of carbonyl (C=O) groups excluding carboxylic acids is 3. The molecule has 0 aromatic carbocycles. The van der Waals surface area contributed by atoms with E-state index in [0.717, 1.165) is 6.42 Å². The Balaban J connectivity index is 1.06. The zero-order valence-electron chi connectivity index (χ0n) is 44.7.